The van der Waals surface area contributed by atoms with Crippen LogP contribution in [0, 0.1) is 5.92 Å². The van der Waals surface area contributed by atoms with Gasteiger partial charge in [0, 0.05) is 26.2 Å². The van der Waals surface area contributed by atoms with Gasteiger partial charge >= 0.3 is 0 Å². The van der Waals surface area contributed by atoms with Crippen LogP contribution in [0.4, 0.5) is 0 Å². The van der Waals surface area contributed by atoms with Crippen molar-refractivity contribution in [2.24, 2.45) is 5.92 Å². The number of hydrogen-bond acceptors (Lipinski definition) is 3. The third kappa shape index (κ3) is 8.33. The second-order valence-corrected chi connectivity index (χ2v) is 12.0. The van der Waals surface area contributed by atoms with E-state index in [0.29, 0.717) is 12.2 Å². The fraction of sp³-hybridized carbons (Fsp3) is 0.871. The summed E-state index contributed by atoms with van der Waals surface area (Å²) < 4.78 is 1.11. The molecule has 0 aromatic carbocycles. The van der Waals surface area contributed by atoms with Gasteiger partial charge in [0.2, 0.25) is 0 Å². The van der Waals surface area contributed by atoms with Gasteiger partial charge in [0.25, 0.3) is 0 Å². The van der Waals surface area contributed by atoms with Crippen LogP contribution in [0.3, 0.4) is 0 Å². The zero-order valence-corrected chi connectivity index (χ0v) is 23.6. The Morgan fingerprint density at radius 3 is 2.26 bits per heavy atom. The van der Waals surface area contributed by atoms with E-state index in [1.807, 2.05) is 0 Å². The molecule has 1 saturated carbocycles. The Kier molecular flexibility index (Phi) is 12.7. The normalized spacial score (nSPS) is 27.8. The van der Waals surface area contributed by atoms with Crippen LogP contribution in [0.5, 0.6) is 0 Å². The van der Waals surface area contributed by atoms with Gasteiger partial charge in [-0.1, -0.05) is 71.3 Å². The van der Waals surface area contributed by atoms with Crippen molar-refractivity contribution in [2.75, 3.05) is 45.9 Å². The minimum absolute atomic E-state index is 0.629. The van der Waals surface area contributed by atoms with Crippen molar-refractivity contribution in [3.63, 3.8) is 0 Å². The summed E-state index contributed by atoms with van der Waals surface area (Å²) in [6.45, 7) is 21.8. The molecule has 3 fully saturated rings. The first-order valence-corrected chi connectivity index (χ1v) is 15.5. The maximum Gasteiger partial charge on any atom is 0.139 e. The first kappa shape index (κ1) is 28.7. The molecule has 0 spiro atoms. The van der Waals surface area contributed by atoms with E-state index < -0.39 is 0 Å². The summed E-state index contributed by atoms with van der Waals surface area (Å²) >= 11 is 0. The molecule has 3 atom stereocenters. The van der Waals surface area contributed by atoms with Crippen LogP contribution in [-0.4, -0.2) is 77.3 Å². The van der Waals surface area contributed by atoms with Crippen LogP contribution in [0.25, 0.3) is 0 Å². The molecule has 202 valence electrons. The van der Waals surface area contributed by atoms with E-state index in [4.69, 9.17) is 0 Å². The number of nitrogens with zero attached hydrogens (tertiary/aromatic N) is 4. The van der Waals surface area contributed by atoms with Gasteiger partial charge in [0.15, 0.2) is 0 Å². The zero-order chi connectivity index (χ0) is 24.9. The van der Waals surface area contributed by atoms with Crippen LogP contribution in [0.2, 0.25) is 0 Å². The molecule has 3 unspecified atom stereocenters. The SMILES string of the molecule is C=CN1CCN(CCCCCCN2CC[N+](C=C)(C(C)CCCCCC)C2)C1C1CCCCCC1. The molecular weight excluding hydrogens is 428 g/mol. The van der Waals surface area contributed by atoms with E-state index >= 15 is 0 Å². The van der Waals surface area contributed by atoms with Crippen molar-refractivity contribution in [1.29, 1.82) is 0 Å². The summed E-state index contributed by atoms with van der Waals surface area (Å²) in [4.78, 5) is 8.07. The summed E-state index contributed by atoms with van der Waals surface area (Å²) in [5, 5.41) is 0. The highest BCUT2D eigenvalue weighted by molar-refractivity contribution is 4.92. The molecule has 35 heavy (non-hydrogen) atoms. The molecular formula is C31H59N4+. The Bertz CT molecular complexity index is 599. The fourth-order valence-corrected chi connectivity index (χ4v) is 7.18. The molecule has 0 N–H and O–H groups in total. The van der Waals surface area contributed by atoms with Gasteiger partial charge in [-0.2, -0.15) is 0 Å². The van der Waals surface area contributed by atoms with Crippen LogP contribution in [-0.2, 0) is 0 Å². The summed E-state index contributed by atoms with van der Waals surface area (Å²) in [7, 11) is 0. The lowest BCUT2D eigenvalue weighted by Crippen LogP contribution is -2.48. The van der Waals surface area contributed by atoms with Gasteiger partial charge in [-0.15, -0.1) is 0 Å². The minimum atomic E-state index is 0.629. The molecule has 2 heterocycles. The molecule has 0 aromatic heterocycles. The lowest BCUT2D eigenvalue weighted by Gasteiger charge is -2.36. The number of rotatable bonds is 16. The molecule has 4 nitrogen and oxygen atoms in total. The highest BCUT2D eigenvalue weighted by Crippen LogP contribution is 2.33. The monoisotopic (exact) mass is 487 g/mol. The summed E-state index contributed by atoms with van der Waals surface area (Å²) in [6, 6.07) is 0.714. The Morgan fingerprint density at radius 2 is 1.57 bits per heavy atom. The van der Waals surface area contributed by atoms with Gasteiger partial charge in [0.1, 0.15) is 6.67 Å². The maximum atomic E-state index is 4.26. The van der Waals surface area contributed by atoms with Gasteiger partial charge in [-0.05, 0) is 64.1 Å². The molecule has 4 heteroatoms. The molecule has 2 aliphatic heterocycles. The van der Waals surface area contributed by atoms with Gasteiger partial charge in [-0.25, -0.2) is 0 Å². The quantitative estimate of drug-likeness (QED) is 0.129. The smallest absolute Gasteiger partial charge is 0.139 e. The van der Waals surface area contributed by atoms with Crippen molar-refractivity contribution < 1.29 is 4.48 Å². The predicted octanol–water partition coefficient (Wildman–Crippen LogP) is 7.20. The van der Waals surface area contributed by atoms with Crippen LogP contribution in [0.15, 0.2) is 25.6 Å². The first-order chi connectivity index (χ1) is 17.1. The van der Waals surface area contributed by atoms with Gasteiger partial charge < -0.3 is 4.90 Å². The maximum absolute atomic E-state index is 4.26. The average Bonchev–Trinajstić information content (AvgIpc) is 3.39. The average molecular weight is 488 g/mol. The molecule has 3 rings (SSSR count). The zero-order valence-electron chi connectivity index (χ0n) is 23.6. The summed E-state index contributed by atoms with van der Waals surface area (Å²) in [5.41, 5.74) is 0. The number of unbranched alkanes of at least 4 members (excludes halogenated alkanes) is 6. The van der Waals surface area contributed by atoms with Gasteiger partial charge in [0.05, 0.1) is 31.5 Å². The molecule has 0 bridgehead atoms. The van der Waals surface area contributed by atoms with E-state index in [1.165, 1.54) is 142 Å². The molecule has 2 saturated heterocycles. The van der Waals surface area contributed by atoms with E-state index in [1.54, 1.807) is 0 Å². The van der Waals surface area contributed by atoms with Crippen molar-refractivity contribution in [3.8, 4) is 0 Å². The summed E-state index contributed by atoms with van der Waals surface area (Å²) in [6.07, 6.45) is 25.9. The Morgan fingerprint density at radius 1 is 0.857 bits per heavy atom. The molecule has 3 aliphatic rings. The van der Waals surface area contributed by atoms with Crippen LogP contribution in [0.1, 0.15) is 110 Å². The number of hydrogen-bond donors (Lipinski definition) is 0. The topological polar surface area (TPSA) is 9.72 Å². The minimum Gasteiger partial charge on any atom is -0.361 e. The second-order valence-electron chi connectivity index (χ2n) is 12.0. The van der Waals surface area contributed by atoms with Crippen molar-refractivity contribution in [3.05, 3.63) is 25.6 Å². The molecule has 0 amide bonds. The Hall–Kier alpha value is -0.840. The van der Waals surface area contributed by atoms with Crippen LogP contribution < -0.4 is 0 Å². The van der Waals surface area contributed by atoms with E-state index in [9.17, 15) is 0 Å². The van der Waals surface area contributed by atoms with Crippen LogP contribution >= 0.6 is 0 Å². The van der Waals surface area contributed by atoms with Crippen molar-refractivity contribution in [1.82, 2.24) is 14.7 Å². The Balaban J connectivity index is 1.32. The molecule has 1 aliphatic carbocycles. The summed E-state index contributed by atoms with van der Waals surface area (Å²) in [5.74, 6) is 0.852. The lowest BCUT2D eigenvalue weighted by molar-refractivity contribution is -0.895. The highest BCUT2D eigenvalue weighted by atomic mass is 15.5. The largest absolute Gasteiger partial charge is 0.361 e. The first-order valence-electron chi connectivity index (χ1n) is 15.5. The third-order valence-electron chi connectivity index (χ3n) is 9.60. The van der Waals surface area contributed by atoms with E-state index in [-0.39, 0.29) is 0 Å². The number of quaternary nitrogens is 1. The predicted molar refractivity (Wildman–Crippen MR) is 152 cm³/mol. The van der Waals surface area contributed by atoms with Crippen molar-refractivity contribution in [2.45, 2.75) is 122 Å². The molecule has 0 radical (unpaired) electrons. The third-order valence-corrected chi connectivity index (χ3v) is 9.60. The Labute approximate surface area is 219 Å². The van der Waals surface area contributed by atoms with Crippen molar-refractivity contribution >= 4 is 0 Å². The fourth-order valence-electron chi connectivity index (χ4n) is 7.18. The second kappa shape index (κ2) is 15.4. The van der Waals surface area contributed by atoms with Gasteiger partial charge in [-0.3, -0.25) is 14.3 Å². The van der Waals surface area contributed by atoms with E-state index in [2.05, 4.69) is 54.1 Å². The lowest BCUT2D eigenvalue weighted by atomic mass is 9.95. The van der Waals surface area contributed by atoms with E-state index in [0.717, 1.165) is 10.4 Å². The molecule has 0 aromatic rings. The highest BCUT2D eigenvalue weighted by Gasteiger charge is 2.39. The standard InChI is InChI=1S/C31H59N4/c1-5-8-9-14-19-29(4)35(7-3)27-26-32(28-35)22-17-12-13-18-23-34-25-24-33(6-2)31(34)30-20-15-10-11-16-21-30/h6-7,29-31H,2-3,5,8-28H2,1,4H3/q+1.